The number of carbonyl (C=O) groups is 1. The second-order valence-electron chi connectivity index (χ2n) is 4.44. The Balaban J connectivity index is 1.55. The Kier molecular flexibility index (Phi) is 3.38. The fraction of sp³-hybridized carbons (Fsp3) is 0.364. The highest BCUT2D eigenvalue weighted by atomic mass is 79.9. The molecule has 0 aliphatic carbocycles. The van der Waals surface area contributed by atoms with Gasteiger partial charge in [0.15, 0.2) is 5.69 Å². The van der Waals surface area contributed by atoms with Crippen molar-refractivity contribution in [3.8, 4) is 0 Å². The standard InChI is InChI=1S/C11H11BrN4O2S/c12-10-2-1-8(19-10)5-15-3-7(4-15)16-6-9(11(17)18)13-14-16/h1-2,6-7H,3-5H2,(H,17,18). The molecule has 0 radical (unpaired) electrons. The third kappa shape index (κ3) is 2.70. The smallest absolute Gasteiger partial charge is 0.358 e. The van der Waals surface area contributed by atoms with Crippen LogP contribution in [0.5, 0.6) is 0 Å². The summed E-state index contributed by atoms with van der Waals surface area (Å²) in [5, 5.41) is 16.3. The van der Waals surface area contributed by atoms with E-state index in [1.165, 1.54) is 11.1 Å². The predicted molar refractivity (Wildman–Crippen MR) is 73.3 cm³/mol. The lowest BCUT2D eigenvalue weighted by atomic mass is 10.1. The first-order valence-electron chi connectivity index (χ1n) is 5.73. The number of nitrogens with zero attached hydrogens (tertiary/aromatic N) is 4. The zero-order valence-corrected chi connectivity index (χ0v) is 12.3. The van der Waals surface area contributed by atoms with Gasteiger partial charge >= 0.3 is 5.97 Å². The Morgan fingerprint density at radius 1 is 1.53 bits per heavy atom. The van der Waals surface area contributed by atoms with Crippen LogP contribution < -0.4 is 0 Å². The number of thiophene rings is 1. The summed E-state index contributed by atoms with van der Waals surface area (Å²) in [5.41, 5.74) is 0.000590. The van der Waals surface area contributed by atoms with E-state index in [4.69, 9.17) is 5.11 Å². The summed E-state index contributed by atoms with van der Waals surface area (Å²) in [4.78, 5) is 14.3. The van der Waals surface area contributed by atoms with E-state index in [2.05, 4.69) is 37.2 Å². The van der Waals surface area contributed by atoms with Crippen LogP contribution in [0.25, 0.3) is 0 Å². The van der Waals surface area contributed by atoms with Crippen LogP contribution in [0.3, 0.4) is 0 Å². The average Bonchev–Trinajstić information content (AvgIpc) is 2.91. The maximum Gasteiger partial charge on any atom is 0.358 e. The second-order valence-corrected chi connectivity index (χ2v) is 6.99. The lowest BCUT2D eigenvalue weighted by Gasteiger charge is -2.38. The molecule has 0 bridgehead atoms. The van der Waals surface area contributed by atoms with Crippen LogP contribution >= 0.6 is 27.3 Å². The van der Waals surface area contributed by atoms with Gasteiger partial charge in [0.05, 0.1) is 16.0 Å². The van der Waals surface area contributed by atoms with E-state index in [0.717, 1.165) is 23.4 Å². The molecule has 0 amide bonds. The monoisotopic (exact) mass is 342 g/mol. The number of hydrogen-bond acceptors (Lipinski definition) is 5. The Hall–Kier alpha value is -1.25. The number of carboxylic acid groups (broad SMARTS) is 1. The molecule has 0 atom stereocenters. The predicted octanol–water partition coefficient (Wildman–Crippen LogP) is 1.86. The molecule has 1 fully saturated rings. The Morgan fingerprint density at radius 2 is 2.32 bits per heavy atom. The maximum atomic E-state index is 10.7. The zero-order chi connectivity index (χ0) is 13.4. The summed E-state index contributed by atoms with van der Waals surface area (Å²) >= 11 is 5.18. The first kappa shape index (κ1) is 12.8. The molecule has 19 heavy (non-hydrogen) atoms. The lowest BCUT2D eigenvalue weighted by molar-refractivity contribution is 0.0690. The van der Waals surface area contributed by atoms with Crippen LogP contribution in [0.4, 0.5) is 0 Å². The van der Waals surface area contributed by atoms with Crippen LogP contribution in [0.2, 0.25) is 0 Å². The van der Waals surface area contributed by atoms with Gasteiger partial charge in [-0.15, -0.1) is 16.4 Å². The van der Waals surface area contributed by atoms with Crippen LogP contribution in [0, 0.1) is 0 Å². The number of rotatable bonds is 4. The molecule has 0 spiro atoms. The Bertz CT molecular complexity index is 605. The van der Waals surface area contributed by atoms with E-state index in [9.17, 15) is 4.79 Å². The van der Waals surface area contributed by atoms with Gasteiger partial charge in [0.2, 0.25) is 0 Å². The summed E-state index contributed by atoms with van der Waals surface area (Å²) < 4.78 is 2.78. The van der Waals surface area contributed by atoms with Gasteiger partial charge in [0.1, 0.15) is 0 Å². The summed E-state index contributed by atoms with van der Waals surface area (Å²) in [6, 6.07) is 4.39. The highest BCUT2D eigenvalue weighted by Gasteiger charge is 2.29. The van der Waals surface area contributed by atoms with Gasteiger partial charge in [-0.25, -0.2) is 9.48 Å². The van der Waals surface area contributed by atoms with Gasteiger partial charge in [0.25, 0.3) is 0 Å². The molecule has 3 heterocycles. The summed E-state index contributed by atoms with van der Waals surface area (Å²) in [6.45, 7) is 2.67. The molecule has 2 aromatic heterocycles. The van der Waals surface area contributed by atoms with Gasteiger partial charge in [-0.3, -0.25) is 4.90 Å². The van der Waals surface area contributed by atoms with Crippen molar-refractivity contribution in [2.24, 2.45) is 0 Å². The van der Waals surface area contributed by atoms with Gasteiger partial charge < -0.3 is 5.11 Å². The van der Waals surface area contributed by atoms with E-state index in [-0.39, 0.29) is 11.7 Å². The molecule has 6 nitrogen and oxygen atoms in total. The average molecular weight is 343 g/mol. The number of halogens is 1. The Morgan fingerprint density at radius 3 is 2.89 bits per heavy atom. The molecule has 2 aromatic rings. The zero-order valence-electron chi connectivity index (χ0n) is 9.86. The minimum atomic E-state index is -1.04. The summed E-state index contributed by atoms with van der Waals surface area (Å²) in [5.74, 6) is -1.04. The Labute approximate surface area is 121 Å². The number of aromatic nitrogens is 3. The van der Waals surface area contributed by atoms with Crippen molar-refractivity contribution in [1.82, 2.24) is 19.9 Å². The molecule has 1 aliphatic rings. The fourth-order valence-electron chi connectivity index (χ4n) is 2.05. The van der Waals surface area contributed by atoms with Crippen molar-refractivity contribution in [1.29, 1.82) is 0 Å². The SMILES string of the molecule is O=C(O)c1cn(C2CN(Cc3ccc(Br)s3)C2)nn1. The number of carboxylic acids is 1. The molecular formula is C11H11BrN4O2S. The number of likely N-dealkylation sites (tertiary alicyclic amines) is 1. The molecular weight excluding hydrogens is 332 g/mol. The third-order valence-corrected chi connectivity index (χ3v) is 4.66. The molecule has 100 valence electrons. The molecule has 1 N–H and O–H groups in total. The van der Waals surface area contributed by atoms with Gasteiger partial charge in [-0.2, -0.15) is 0 Å². The van der Waals surface area contributed by atoms with Crippen LogP contribution in [0.15, 0.2) is 22.1 Å². The highest BCUT2D eigenvalue weighted by molar-refractivity contribution is 9.11. The van der Waals surface area contributed by atoms with E-state index in [0.29, 0.717) is 0 Å². The third-order valence-electron chi connectivity index (χ3n) is 3.05. The first-order valence-corrected chi connectivity index (χ1v) is 7.34. The molecule has 8 heteroatoms. The van der Waals surface area contributed by atoms with E-state index in [1.807, 2.05) is 6.07 Å². The van der Waals surface area contributed by atoms with Crippen molar-refractivity contribution >= 4 is 33.2 Å². The van der Waals surface area contributed by atoms with Crippen LogP contribution in [-0.4, -0.2) is 44.1 Å². The maximum absolute atomic E-state index is 10.7. The number of aromatic carboxylic acids is 1. The summed E-state index contributed by atoms with van der Waals surface area (Å²) in [7, 11) is 0. The van der Waals surface area contributed by atoms with E-state index >= 15 is 0 Å². The normalized spacial score (nSPS) is 16.5. The molecule has 0 aromatic carbocycles. The van der Waals surface area contributed by atoms with E-state index < -0.39 is 5.97 Å². The number of hydrogen-bond donors (Lipinski definition) is 1. The molecule has 3 rings (SSSR count). The largest absolute Gasteiger partial charge is 0.476 e. The van der Waals surface area contributed by atoms with Crippen molar-refractivity contribution < 1.29 is 9.90 Å². The summed E-state index contributed by atoms with van der Waals surface area (Å²) in [6.07, 6.45) is 1.49. The van der Waals surface area contributed by atoms with E-state index in [1.54, 1.807) is 16.0 Å². The minimum absolute atomic E-state index is 0.000590. The van der Waals surface area contributed by atoms with Gasteiger partial charge in [-0.05, 0) is 28.1 Å². The van der Waals surface area contributed by atoms with Gasteiger partial charge in [0, 0.05) is 24.5 Å². The molecule has 0 saturated carbocycles. The van der Waals surface area contributed by atoms with Crippen molar-refractivity contribution in [2.45, 2.75) is 12.6 Å². The van der Waals surface area contributed by atoms with Crippen molar-refractivity contribution in [3.63, 3.8) is 0 Å². The molecule has 0 unspecified atom stereocenters. The molecule has 1 aliphatic heterocycles. The van der Waals surface area contributed by atoms with Crippen molar-refractivity contribution in [3.05, 3.63) is 32.7 Å². The fourth-order valence-corrected chi connectivity index (χ4v) is 3.57. The van der Waals surface area contributed by atoms with Crippen molar-refractivity contribution in [2.75, 3.05) is 13.1 Å². The van der Waals surface area contributed by atoms with Crippen LogP contribution in [0.1, 0.15) is 21.4 Å². The molecule has 1 saturated heterocycles. The van der Waals surface area contributed by atoms with Gasteiger partial charge in [-0.1, -0.05) is 5.21 Å². The lowest BCUT2D eigenvalue weighted by Crippen LogP contribution is -2.47. The first-order chi connectivity index (χ1) is 9.11. The minimum Gasteiger partial charge on any atom is -0.476 e. The second kappa shape index (κ2) is 5.03. The van der Waals surface area contributed by atoms with Crippen LogP contribution in [-0.2, 0) is 6.54 Å². The topological polar surface area (TPSA) is 71.2 Å². The quantitative estimate of drug-likeness (QED) is 0.918. The highest BCUT2D eigenvalue weighted by Crippen LogP contribution is 2.27.